The van der Waals surface area contributed by atoms with E-state index in [1.165, 1.54) is 12.1 Å². The minimum Gasteiger partial charge on any atom is -0.394 e. The number of nitro benzene ring substituents is 1. The molecule has 1 aliphatic rings. The van der Waals surface area contributed by atoms with Gasteiger partial charge in [-0.1, -0.05) is 12.8 Å². The number of benzene rings is 1. The number of aliphatic hydroxyl groups is 1. The maximum Gasteiger partial charge on any atom is 0.273 e. The van der Waals surface area contributed by atoms with Crippen LogP contribution in [0.25, 0.3) is 0 Å². The van der Waals surface area contributed by atoms with Gasteiger partial charge < -0.3 is 15.4 Å². The molecule has 110 valence electrons. The minimum absolute atomic E-state index is 0.00335. The van der Waals surface area contributed by atoms with Crippen molar-refractivity contribution in [3.8, 4) is 0 Å². The number of nitro groups is 1. The van der Waals surface area contributed by atoms with E-state index in [0.29, 0.717) is 5.69 Å². The lowest BCUT2D eigenvalue weighted by molar-refractivity contribution is -0.384. The number of nitrogens with zero attached hydrogens (tertiary/aromatic N) is 2. The van der Waals surface area contributed by atoms with Gasteiger partial charge in [-0.25, -0.2) is 0 Å². The maximum atomic E-state index is 11.0. The van der Waals surface area contributed by atoms with E-state index in [2.05, 4.69) is 5.43 Å². The highest BCUT2D eigenvalue weighted by atomic mass is 16.6. The number of anilines is 2. The van der Waals surface area contributed by atoms with Gasteiger partial charge in [0.05, 0.1) is 23.3 Å². The van der Waals surface area contributed by atoms with Crippen molar-refractivity contribution in [3.63, 3.8) is 0 Å². The third-order valence-electron chi connectivity index (χ3n) is 3.70. The Morgan fingerprint density at radius 1 is 1.40 bits per heavy atom. The van der Waals surface area contributed by atoms with Gasteiger partial charge in [0.25, 0.3) is 5.69 Å². The summed E-state index contributed by atoms with van der Waals surface area (Å²) in [4.78, 5) is 12.6. The first kappa shape index (κ1) is 14.5. The molecule has 1 aromatic rings. The molecule has 0 aromatic heterocycles. The standard InChI is InChI=1S/C13H20N4O3/c14-15-10-6-12(8-13(7-10)17(19)20)16-5-3-1-2-4-11(16)9-18/h6-8,11,15,18H,1-5,9,14H2. The van der Waals surface area contributed by atoms with E-state index >= 15 is 0 Å². The second-order valence-corrected chi connectivity index (χ2v) is 5.02. The Morgan fingerprint density at radius 3 is 2.85 bits per heavy atom. The molecule has 1 fully saturated rings. The number of hydrazine groups is 1. The fourth-order valence-corrected chi connectivity index (χ4v) is 2.66. The molecule has 1 saturated heterocycles. The Kier molecular flexibility index (Phi) is 4.75. The first-order valence-corrected chi connectivity index (χ1v) is 6.79. The topological polar surface area (TPSA) is 105 Å². The molecule has 0 saturated carbocycles. The van der Waals surface area contributed by atoms with Crippen LogP contribution in [0.3, 0.4) is 0 Å². The molecule has 2 rings (SSSR count). The number of rotatable bonds is 4. The summed E-state index contributed by atoms with van der Waals surface area (Å²) in [7, 11) is 0. The maximum absolute atomic E-state index is 11.0. The average Bonchev–Trinajstić information content (AvgIpc) is 2.71. The highest BCUT2D eigenvalue weighted by molar-refractivity contribution is 5.64. The fraction of sp³-hybridized carbons (Fsp3) is 0.538. The van der Waals surface area contributed by atoms with E-state index in [0.717, 1.165) is 37.9 Å². The second-order valence-electron chi connectivity index (χ2n) is 5.02. The molecule has 0 spiro atoms. The Morgan fingerprint density at radius 2 is 2.20 bits per heavy atom. The zero-order valence-corrected chi connectivity index (χ0v) is 11.3. The van der Waals surface area contributed by atoms with Crippen molar-refractivity contribution in [2.75, 3.05) is 23.5 Å². The number of hydrogen-bond acceptors (Lipinski definition) is 6. The summed E-state index contributed by atoms with van der Waals surface area (Å²) in [5, 5.41) is 20.5. The number of nitrogen functional groups attached to an aromatic ring is 1. The summed E-state index contributed by atoms with van der Waals surface area (Å²) in [5.74, 6) is 5.37. The summed E-state index contributed by atoms with van der Waals surface area (Å²) in [6, 6.07) is 4.72. The van der Waals surface area contributed by atoms with Gasteiger partial charge >= 0.3 is 0 Å². The summed E-state index contributed by atoms with van der Waals surface area (Å²) in [5.41, 5.74) is 3.68. The Bertz CT molecular complexity index is 481. The van der Waals surface area contributed by atoms with Crippen LogP contribution in [-0.2, 0) is 0 Å². The Balaban J connectivity index is 2.37. The molecule has 7 heteroatoms. The highest BCUT2D eigenvalue weighted by Gasteiger charge is 2.22. The molecule has 0 radical (unpaired) electrons. The summed E-state index contributed by atoms with van der Waals surface area (Å²) < 4.78 is 0. The molecule has 7 nitrogen and oxygen atoms in total. The van der Waals surface area contributed by atoms with Gasteiger partial charge in [0.15, 0.2) is 0 Å². The molecular weight excluding hydrogens is 260 g/mol. The molecule has 0 aliphatic carbocycles. The van der Waals surface area contributed by atoms with Crippen LogP contribution >= 0.6 is 0 Å². The first-order chi connectivity index (χ1) is 9.65. The van der Waals surface area contributed by atoms with E-state index in [1.807, 2.05) is 4.90 Å². The predicted molar refractivity (Wildman–Crippen MR) is 77.6 cm³/mol. The molecule has 0 bridgehead atoms. The van der Waals surface area contributed by atoms with Crippen LogP contribution in [0.1, 0.15) is 25.7 Å². The minimum atomic E-state index is -0.434. The molecule has 1 aliphatic heterocycles. The smallest absolute Gasteiger partial charge is 0.273 e. The van der Waals surface area contributed by atoms with Gasteiger partial charge in [-0.2, -0.15) is 0 Å². The highest BCUT2D eigenvalue weighted by Crippen LogP contribution is 2.30. The van der Waals surface area contributed by atoms with Crippen LogP contribution in [0.4, 0.5) is 17.1 Å². The number of aliphatic hydroxyl groups excluding tert-OH is 1. The Labute approximate surface area is 117 Å². The molecular formula is C13H20N4O3. The zero-order valence-electron chi connectivity index (χ0n) is 11.3. The number of nitrogens with two attached hydrogens (primary N) is 1. The molecule has 1 unspecified atom stereocenters. The van der Waals surface area contributed by atoms with Crippen molar-refractivity contribution in [1.82, 2.24) is 0 Å². The summed E-state index contributed by atoms with van der Waals surface area (Å²) >= 11 is 0. The molecule has 1 aromatic carbocycles. The van der Waals surface area contributed by atoms with Crippen molar-refractivity contribution >= 4 is 17.1 Å². The van der Waals surface area contributed by atoms with Gasteiger partial charge in [0.2, 0.25) is 0 Å². The van der Waals surface area contributed by atoms with Crippen molar-refractivity contribution in [2.45, 2.75) is 31.7 Å². The van der Waals surface area contributed by atoms with Gasteiger partial charge in [0.1, 0.15) is 0 Å². The number of non-ortho nitro benzene ring substituents is 1. The van der Waals surface area contributed by atoms with Gasteiger partial charge in [0, 0.05) is 24.4 Å². The molecule has 20 heavy (non-hydrogen) atoms. The normalized spacial score (nSPS) is 19.5. The van der Waals surface area contributed by atoms with Crippen molar-refractivity contribution < 1.29 is 10.0 Å². The largest absolute Gasteiger partial charge is 0.394 e. The molecule has 1 atom stereocenters. The fourth-order valence-electron chi connectivity index (χ4n) is 2.66. The van der Waals surface area contributed by atoms with Crippen LogP contribution < -0.4 is 16.2 Å². The Hall–Kier alpha value is -1.86. The van der Waals surface area contributed by atoms with Crippen LogP contribution in [-0.4, -0.2) is 29.2 Å². The van der Waals surface area contributed by atoms with Crippen molar-refractivity contribution in [2.24, 2.45) is 5.84 Å². The van der Waals surface area contributed by atoms with Crippen molar-refractivity contribution in [1.29, 1.82) is 0 Å². The van der Waals surface area contributed by atoms with Gasteiger partial charge in [-0.15, -0.1) is 0 Å². The van der Waals surface area contributed by atoms with E-state index < -0.39 is 4.92 Å². The summed E-state index contributed by atoms with van der Waals surface area (Å²) in [6.45, 7) is 0.838. The summed E-state index contributed by atoms with van der Waals surface area (Å²) in [6.07, 6.45) is 4.09. The molecule has 0 amide bonds. The molecule has 4 N–H and O–H groups in total. The average molecular weight is 280 g/mol. The van der Waals surface area contributed by atoms with Gasteiger partial charge in [-0.3, -0.25) is 16.0 Å². The van der Waals surface area contributed by atoms with Crippen molar-refractivity contribution in [3.05, 3.63) is 28.3 Å². The van der Waals surface area contributed by atoms with E-state index in [4.69, 9.17) is 5.84 Å². The first-order valence-electron chi connectivity index (χ1n) is 6.79. The van der Waals surface area contributed by atoms with Gasteiger partial charge in [-0.05, 0) is 18.9 Å². The SMILES string of the molecule is NNc1cc(N2CCCCCC2CO)cc([N+](=O)[O-])c1. The monoisotopic (exact) mass is 280 g/mol. The van der Waals surface area contributed by atoms with E-state index in [9.17, 15) is 15.2 Å². The molecule has 1 heterocycles. The lowest BCUT2D eigenvalue weighted by Gasteiger charge is -2.31. The predicted octanol–water partition coefficient (Wildman–Crippen LogP) is 1.62. The second kappa shape index (κ2) is 6.53. The van der Waals surface area contributed by atoms with E-state index in [1.54, 1.807) is 6.07 Å². The van der Waals surface area contributed by atoms with E-state index in [-0.39, 0.29) is 18.3 Å². The lowest BCUT2D eigenvalue weighted by Crippen LogP contribution is -2.37. The van der Waals surface area contributed by atoms with Crippen LogP contribution in [0.15, 0.2) is 18.2 Å². The third kappa shape index (κ3) is 3.17. The number of hydrogen-bond donors (Lipinski definition) is 3. The van der Waals surface area contributed by atoms with Crippen LogP contribution in [0.2, 0.25) is 0 Å². The lowest BCUT2D eigenvalue weighted by atomic mass is 10.1. The third-order valence-corrected chi connectivity index (χ3v) is 3.70. The quantitative estimate of drug-likeness (QED) is 0.440. The van der Waals surface area contributed by atoms with Crippen LogP contribution in [0, 0.1) is 10.1 Å². The number of nitrogens with one attached hydrogen (secondary N) is 1. The van der Waals surface area contributed by atoms with Crippen LogP contribution in [0.5, 0.6) is 0 Å². The zero-order chi connectivity index (χ0) is 14.5.